The smallest absolute Gasteiger partial charge is 0.288 e. The molecule has 128 valence electrons. The second-order valence-electron chi connectivity index (χ2n) is 6.47. The van der Waals surface area contributed by atoms with Gasteiger partial charge in [-0.05, 0) is 50.8 Å². The lowest BCUT2D eigenvalue weighted by Crippen LogP contribution is -2.56. The van der Waals surface area contributed by atoms with E-state index in [1.54, 1.807) is 19.9 Å². The molecule has 1 atom stereocenters. The Morgan fingerprint density at radius 2 is 2.04 bits per heavy atom. The largest absolute Gasteiger partial charge is 0.405 e. The molecule has 7 heteroatoms. The maximum Gasteiger partial charge on any atom is 0.405 e. The van der Waals surface area contributed by atoms with Gasteiger partial charge in [-0.2, -0.15) is 13.2 Å². The second-order valence-corrected chi connectivity index (χ2v) is 6.47. The van der Waals surface area contributed by atoms with Gasteiger partial charge in [-0.15, -0.1) is 0 Å². The number of aryl methyl sites for hydroxylation is 1. The Morgan fingerprint density at radius 3 is 2.57 bits per heavy atom. The Labute approximate surface area is 132 Å². The highest BCUT2D eigenvalue weighted by Crippen LogP contribution is 2.35. The molecule has 1 fully saturated rings. The van der Waals surface area contributed by atoms with E-state index in [-0.39, 0.29) is 19.3 Å². The minimum atomic E-state index is -4.45. The zero-order chi connectivity index (χ0) is 17.3. The van der Waals surface area contributed by atoms with Gasteiger partial charge in [-0.1, -0.05) is 12.1 Å². The number of carbonyl (C=O) groups is 1. The van der Waals surface area contributed by atoms with Crippen LogP contribution in [0.15, 0.2) is 24.3 Å². The van der Waals surface area contributed by atoms with Crippen molar-refractivity contribution in [1.82, 2.24) is 10.4 Å². The molecular weight excluding hydrogens is 312 g/mol. The van der Waals surface area contributed by atoms with Crippen LogP contribution in [0.3, 0.4) is 0 Å². The number of halogens is 4. The number of amides is 1. The van der Waals surface area contributed by atoms with Crippen molar-refractivity contribution in [2.45, 2.75) is 57.3 Å². The molecule has 0 saturated carbocycles. The van der Waals surface area contributed by atoms with Crippen molar-refractivity contribution in [3.05, 3.63) is 35.6 Å². The summed E-state index contributed by atoms with van der Waals surface area (Å²) >= 11 is 0. The molecule has 0 aromatic heterocycles. The Kier molecular flexibility index (Phi) is 4.98. The van der Waals surface area contributed by atoms with Crippen LogP contribution in [0, 0.1) is 5.82 Å². The first-order valence-electron chi connectivity index (χ1n) is 7.49. The number of alkyl halides is 3. The van der Waals surface area contributed by atoms with E-state index in [4.69, 9.17) is 0 Å². The highest BCUT2D eigenvalue weighted by molar-refractivity contribution is 5.78. The van der Waals surface area contributed by atoms with E-state index in [1.807, 2.05) is 0 Å². The molecule has 1 aromatic carbocycles. The SMILES string of the molecule is CC1(C)CC(=O)NN1[C@@H](CCCc1cccc(F)c1)C(F)(F)F. The highest BCUT2D eigenvalue weighted by atomic mass is 19.4. The number of nitrogens with zero attached hydrogens (tertiary/aromatic N) is 1. The first-order chi connectivity index (χ1) is 10.6. The van der Waals surface area contributed by atoms with E-state index >= 15 is 0 Å². The molecule has 0 radical (unpaired) electrons. The van der Waals surface area contributed by atoms with Gasteiger partial charge in [0, 0.05) is 12.0 Å². The molecule has 1 aliphatic rings. The number of hydrogen-bond acceptors (Lipinski definition) is 2. The van der Waals surface area contributed by atoms with Crippen molar-refractivity contribution in [2.24, 2.45) is 0 Å². The molecule has 23 heavy (non-hydrogen) atoms. The predicted octanol–water partition coefficient (Wildman–Crippen LogP) is 3.59. The van der Waals surface area contributed by atoms with Gasteiger partial charge in [0.1, 0.15) is 11.9 Å². The maximum absolute atomic E-state index is 13.4. The summed E-state index contributed by atoms with van der Waals surface area (Å²) in [6, 6.07) is 4.09. The Hall–Kier alpha value is -1.63. The molecular formula is C16H20F4N2O. The summed E-state index contributed by atoms with van der Waals surface area (Å²) in [6.07, 6.45) is -3.98. The minimum Gasteiger partial charge on any atom is -0.288 e. The Balaban J connectivity index is 2.04. The molecule has 1 aromatic rings. The molecule has 0 unspecified atom stereocenters. The normalized spacial score (nSPS) is 19.7. The zero-order valence-corrected chi connectivity index (χ0v) is 13.1. The number of benzene rings is 1. The number of rotatable bonds is 5. The van der Waals surface area contributed by atoms with Crippen molar-refractivity contribution in [2.75, 3.05) is 0 Å². The van der Waals surface area contributed by atoms with Gasteiger partial charge in [0.25, 0.3) is 0 Å². The predicted molar refractivity (Wildman–Crippen MR) is 77.9 cm³/mol. The molecule has 1 amide bonds. The third kappa shape index (κ3) is 4.43. The van der Waals surface area contributed by atoms with Crippen LogP contribution in [0.2, 0.25) is 0 Å². The first-order valence-corrected chi connectivity index (χ1v) is 7.49. The fraction of sp³-hybridized carbons (Fsp3) is 0.562. The number of hydrazine groups is 1. The lowest BCUT2D eigenvalue weighted by atomic mass is 9.97. The van der Waals surface area contributed by atoms with Gasteiger partial charge in [-0.25, -0.2) is 9.40 Å². The van der Waals surface area contributed by atoms with Crippen LogP contribution in [0.4, 0.5) is 17.6 Å². The lowest BCUT2D eigenvalue weighted by molar-refractivity contribution is -0.202. The van der Waals surface area contributed by atoms with Crippen molar-refractivity contribution in [3.63, 3.8) is 0 Å². The third-order valence-corrected chi connectivity index (χ3v) is 4.01. The molecule has 0 spiro atoms. The summed E-state index contributed by atoms with van der Waals surface area (Å²) in [5.41, 5.74) is 2.09. The molecule has 0 bridgehead atoms. The van der Waals surface area contributed by atoms with E-state index in [0.29, 0.717) is 12.0 Å². The van der Waals surface area contributed by atoms with Gasteiger partial charge >= 0.3 is 6.18 Å². The van der Waals surface area contributed by atoms with Crippen LogP contribution in [0.5, 0.6) is 0 Å². The van der Waals surface area contributed by atoms with Gasteiger partial charge in [0.15, 0.2) is 0 Å². The summed E-state index contributed by atoms with van der Waals surface area (Å²) in [5.74, 6) is -0.808. The van der Waals surface area contributed by atoms with Crippen LogP contribution in [-0.4, -0.2) is 28.7 Å². The molecule has 1 saturated heterocycles. The number of nitrogens with one attached hydrogen (secondary N) is 1. The fourth-order valence-corrected chi connectivity index (χ4v) is 2.93. The zero-order valence-electron chi connectivity index (χ0n) is 13.1. The van der Waals surface area contributed by atoms with E-state index < -0.39 is 29.5 Å². The summed E-state index contributed by atoms with van der Waals surface area (Å²) in [5, 5.41) is 1.01. The molecule has 0 aliphatic carbocycles. The molecule has 3 nitrogen and oxygen atoms in total. The van der Waals surface area contributed by atoms with E-state index in [2.05, 4.69) is 5.43 Å². The van der Waals surface area contributed by atoms with Crippen LogP contribution < -0.4 is 5.43 Å². The summed E-state index contributed by atoms with van der Waals surface area (Å²) < 4.78 is 53.2. The fourth-order valence-electron chi connectivity index (χ4n) is 2.93. The molecule has 1 heterocycles. The second kappa shape index (κ2) is 6.47. The van der Waals surface area contributed by atoms with Gasteiger partial charge < -0.3 is 0 Å². The maximum atomic E-state index is 13.4. The average molecular weight is 332 g/mol. The van der Waals surface area contributed by atoms with Crippen LogP contribution >= 0.6 is 0 Å². The topological polar surface area (TPSA) is 32.3 Å². The Bertz CT molecular complexity index is 571. The van der Waals surface area contributed by atoms with Gasteiger partial charge in [0.05, 0.1) is 0 Å². The van der Waals surface area contributed by atoms with Gasteiger partial charge in [-0.3, -0.25) is 10.2 Å². The standard InChI is InChI=1S/C16H20F4N2O/c1-15(2)10-14(23)21-22(15)13(16(18,19)20)8-4-6-11-5-3-7-12(17)9-11/h3,5,7,9,13H,4,6,8,10H2,1-2H3,(H,21,23)/t13-/m0/s1. The third-order valence-electron chi connectivity index (χ3n) is 4.01. The molecule has 2 rings (SSSR count). The van der Waals surface area contributed by atoms with E-state index in [9.17, 15) is 22.4 Å². The van der Waals surface area contributed by atoms with Crippen LogP contribution in [0.25, 0.3) is 0 Å². The molecule has 1 N–H and O–H groups in total. The number of hydrogen-bond donors (Lipinski definition) is 1. The van der Waals surface area contributed by atoms with Crippen molar-refractivity contribution in [3.8, 4) is 0 Å². The van der Waals surface area contributed by atoms with Crippen LogP contribution in [-0.2, 0) is 11.2 Å². The quantitative estimate of drug-likeness (QED) is 0.836. The van der Waals surface area contributed by atoms with Crippen LogP contribution in [0.1, 0.15) is 38.7 Å². The summed E-state index contributed by atoms with van der Waals surface area (Å²) in [7, 11) is 0. The molecule has 1 aliphatic heterocycles. The monoisotopic (exact) mass is 332 g/mol. The minimum absolute atomic E-state index is 0.0312. The summed E-state index contributed by atoms with van der Waals surface area (Å²) in [4.78, 5) is 11.5. The van der Waals surface area contributed by atoms with Crippen molar-refractivity contribution in [1.29, 1.82) is 0 Å². The lowest BCUT2D eigenvalue weighted by Gasteiger charge is -2.37. The number of carbonyl (C=O) groups excluding carboxylic acids is 1. The highest BCUT2D eigenvalue weighted by Gasteiger charge is 2.51. The summed E-state index contributed by atoms with van der Waals surface area (Å²) in [6.45, 7) is 3.21. The van der Waals surface area contributed by atoms with Crippen molar-refractivity contribution < 1.29 is 22.4 Å². The van der Waals surface area contributed by atoms with E-state index in [0.717, 1.165) is 5.01 Å². The van der Waals surface area contributed by atoms with Crippen molar-refractivity contribution >= 4 is 5.91 Å². The van der Waals surface area contributed by atoms with E-state index in [1.165, 1.54) is 18.2 Å². The first kappa shape index (κ1) is 17.7. The Morgan fingerprint density at radius 1 is 1.35 bits per heavy atom. The van der Waals surface area contributed by atoms with Gasteiger partial charge in [0.2, 0.25) is 5.91 Å². The average Bonchev–Trinajstić information content (AvgIpc) is 2.66.